The van der Waals surface area contributed by atoms with Crippen molar-refractivity contribution in [2.24, 2.45) is 23.0 Å². The summed E-state index contributed by atoms with van der Waals surface area (Å²) in [6.45, 7) is 1.98. The van der Waals surface area contributed by atoms with Crippen LogP contribution in [0.3, 0.4) is 0 Å². The van der Waals surface area contributed by atoms with E-state index in [1.165, 1.54) is 0 Å². The molecule has 4 nitrogen and oxygen atoms in total. The monoisotopic (exact) mass is 252 g/mol. The Hall–Kier alpha value is -2.25. The molecule has 0 aromatic rings. The smallest absolute Gasteiger partial charge is 0.187 e. The van der Waals surface area contributed by atoms with Gasteiger partial charge in [0.05, 0.1) is 23.4 Å². The van der Waals surface area contributed by atoms with Gasteiger partial charge < -0.3 is 5.73 Å². The van der Waals surface area contributed by atoms with E-state index in [2.05, 4.69) is 24.3 Å². The van der Waals surface area contributed by atoms with Gasteiger partial charge in [-0.3, -0.25) is 0 Å². The summed E-state index contributed by atoms with van der Waals surface area (Å²) in [5.74, 6) is -0.00819. The minimum absolute atomic E-state index is 0.111. The van der Waals surface area contributed by atoms with Gasteiger partial charge in [-0.25, -0.2) is 0 Å². The Balaban J connectivity index is 2.74. The van der Waals surface area contributed by atoms with Crippen LogP contribution >= 0.6 is 0 Å². The molecule has 0 heterocycles. The number of allylic oxidation sites excluding steroid dienone is 4. The summed E-state index contributed by atoms with van der Waals surface area (Å²) in [4.78, 5) is 0. The fourth-order valence-electron chi connectivity index (χ4n) is 3.49. The first-order chi connectivity index (χ1) is 9.16. The van der Waals surface area contributed by atoms with E-state index in [4.69, 9.17) is 5.73 Å². The topological polar surface area (TPSA) is 97.4 Å². The predicted molar refractivity (Wildman–Crippen MR) is 69.7 cm³/mol. The Morgan fingerprint density at radius 2 is 2.05 bits per heavy atom. The van der Waals surface area contributed by atoms with Crippen LogP contribution in [-0.2, 0) is 0 Å². The summed E-state index contributed by atoms with van der Waals surface area (Å²) in [5, 5.41) is 28.3. The normalized spacial score (nSPS) is 28.4. The average Bonchev–Trinajstić information content (AvgIpc) is 2.46. The Bertz CT molecular complexity index is 563. The maximum Gasteiger partial charge on any atom is 0.187 e. The Morgan fingerprint density at radius 1 is 1.37 bits per heavy atom. The molecule has 2 N–H and O–H groups in total. The Morgan fingerprint density at radius 3 is 2.58 bits per heavy atom. The number of rotatable bonds is 1. The van der Waals surface area contributed by atoms with Gasteiger partial charge in [-0.1, -0.05) is 13.0 Å². The number of nitrogens with zero attached hydrogens (tertiary/aromatic N) is 3. The third kappa shape index (κ3) is 1.63. The zero-order valence-corrected chi connectivity index (χ0v) is 11.0. The van der Waals surface area contributed by atoms with Crippen LogP contribution in [0, 0.1) is 51.2 Å². The lowest BCUT2D eigenvalue weighted by atomic mass is 9.58. The fourth-order valence-corrected chi connectivity index (χ4v) is 3.49. The summed E-state index contributed by atoms with van der Waals surface area (Å²) in [5.41, 5.74) is 6.15. The van der Waals surface area contributed by atoms with E-state index in [-0.39, 0.29) is 17.5 Å². The van der Waals surface area contributed by atoms with Crippen molar-refractivity contribution in [3.05, 3.63) is 22.9 Å². The maximum absolute atomic E-state index is 9.50. The third-order valence-electron chi connectivity index (χ3n) is 4.41. The molecule has 0 radical (unpaired) electrons. The Kier molecular flexibility index (Phi) is 3.32. The second kappa shape index (κ2) is 4.79. The van der Waals surface area contributed by atoms with Crippen LogP contribution in [0.25, 0.3) is 0 Å². The van der Waals surface area contributed by atoms with Crippen LogP contribution in [-0.4, -0.2) is 0 Å². The molecule has 2 atom stereocenters. The SMILES string of the molecule is CC[C@@H]1[C@H]2CCCC=C2C(C#N)=C(N)C1(C#N)C#N. The van der Waals surface area contributed by atoms with E-state index in [0.717, 1.165) is 24.8 Å². The second-order valence-corrected chi connectivity index (χ2v) is 5.14. The van der Waals surface area contributed by atoms with Crippen LogP contribution in [0.5, 0.6) is 0 Å². The highest BCUT2D eigenvalue weighted by atomic mass is 14.7. The molecule has 0 aromatic heterocycles. The molecule has 0 aliphatic heterocycles. The molecule has 0 aromatic carbocycles. The van der Waals surface area contributed by atoms with Gasteiger partial charge in [-0.15, -0.1) is 0 Å². The zero-order valence-electron chi connectivity index (χ0n) is 11.0. The lowest BCUT2D eigenvalue weighted by Gasteiger charge is -2.42. The van der Waals surface area contributed by atoms with Crippen LogP contribution < -0.4 is 5.73 Å². The average molecular weight is 252 g/mol. The first-order valence-corrected chi connectivity index (χ1v) is 6.59. The first kappa shape index (κ1) is 13.2. The minimum Gasteiger partial charge on any atom is -0.399 e. The second-order valence-electron chi connectivity index (χ2n) is 5.14. The molecule has 2 aliphatic rings. The zero-order chi connectivity index (χ0) is 14.0. The largest absolute Gasteiger partial charge is 0.399 e. The number of nitriles is 3. The molecule has 0 spiro atoms. The van der Waals surface area contributed by atoms with E-state index in [1.807, 2.05) is 6.92 Å². The molecule has 0 unspecified atom stereocenters. The van der Waals surface area contributed by atoms with Crippen LogP contribution in [0.15, 0.2) is 22.9 Å². The standard InChI is InChI=1S/C15H16N4/c1-2-13-11-6-4-3-5-10(11)12(7-16)14(19)15(13,8-17)9-18/h5,11,13H,2-4,6,19H2,1H3/t11-,13+/m0/s1. The highest BCUT2D eigenvalue weighted by molar-refractivity contribution is 5.56. The van der Waals surface area contributed by atoms with Gasteiger partial charge in [0, 0.05) is 5.92 Å². The van der Waals surface area contributed by atoms with Crippen molar-refractivity contribution in [2.75, 3.05) is 0 Å². The lowest BCUT2D eigenvalue weighted by Crippen LogP contribution is -2.43. The predicted octanol–water partition coefficient (Wildman–Crippen LogP) is 2.52. The molecular weight excluding hydrogens is 236 g/mol. The Labute approximate surface area is 113 Å². The van der Waals surface area contributed by atoms with Crippen LogP contribution in [0.4, 0.5) is 0 Å². The summed E-state index contributed by atoms with van der Waals surface area (Å²) in [7, 11) is 0. The molecule has 0 bridgehead atoms. The third-order valence-corrected chi connectivity index (χ3v) is 4.41. The van der Waals surface area contributed by atoms with Crippen LogP contribution in [0.1, 0.15) is 32.6 Å². The van der Waals surface area contributed by atoms with E-state index >= 15 is 0 Å². The fraction of sp³-hybridized carbons (Fsp3) is 0.533. The van der Waals surface area contributed by atoms with Gasteiger partial charge in [-0.2, -0.15) is 15.8 Å². The molecule has 2 aliphatic carbocycles. The molecular formula is C15H16N4. The van der Waals surface area contributed by atoms with Gasteiger partial charge in [0.15, 0.2) is 5.41 Å². The minimum atomic E-state index is -1.35. The summed E-state index contributed by atoms with van der Waals surface area (Å²) in [6.07, 6.45) is 5.67. The van der Waals surface area contributed by atoms with Crippen molar-refractivity contribution >= 4 is 0 Å². The number of nitrogens with two attached hydrogens (primary N) is 1. The molecule has 96 valence electrons. The maximum atomic E-state index is 9.50. The van der Waals surface area contributed by atoms with E-state index in [9.17, 15) is 15.8 Å². The summed E-state index contributed by atoms with van der Waals surface area (Å²) in [6, 6.07) is 6.29. The number of hydrogen-bond donors (Lipinski definition) is 1. The first-order valence-electron chi connectivity index (χ1n) is 6.59. The van der Waals surface area contributed by atoms with Crippen molar-refractivity contribution in [2.45, 2.75) is 32.6 Å². The van der Waals surface area contributed by atoms with Crippen molar-refractivity contribution < 1.29 is 0 Å². The van der Waals surface area contributed by atoms with Gasteiger partial charge in [0.25, 0.3) is 0 Å². The van der Waals surface area contributed by atoms with Crippen LogP contribution in [0.2, 0.25) is 0 Å². The molecule has 0 saturated heterocycles. The number of hydrogen-bond acceptors (Lipinski definition) is 4. The lowest BCUT2D eigenvalue weighted by molar-refractivity contribution is 0.228. The van der Waals surface area contributed by atoms with Crippen molar-refractivity contribution in [3.63, 3.8) is 0 Å². The molecule has 0 saturated carbocycles. The highest BCUT2D eigenvalue weighted by Gasteiger charge is 2.51. The molecule has 0 amide bonds. The van der Waals surface area contributed by atoms with Crippen molar-refractivity contribution in [1.82, 2.24) is 0 Å². The molecule has 0 fully saturated rings. The van der Waals surface area contributed by atoms with E-state index in [0.29, 0.717) is 12.0 Å². The quantitative estimate of drug-likeness (QED) is 0.775. The highest BCUT2D eigenvalue weighted by Crippen LogP contribution is 2.52. The van der Waals surface area contributed by atoms with Gasteiger partial charge in [-0.05, 0) is 37.2 Å². The van der Waals surface area contributed by atoms with Gasteiger partial charge >= 0.3 is 0 Å². The summed E-state index contributed by atoms with van der Waals surface area (Å²) >= 11 is 0. The molecule has 19 heavy (non-hydrogen) atoms. The van der Waals surface area contributed by atoms with Crippen molar-refractivity contribution in [3.8, 4) is 18.2 Å². The van der Waals surface area contributed by atoms with Crippen molar-refractivity contribution in [1.29, 1.82) is 15.8 Å². The number of fused-ring (bicyclic) bond motifs is 1. The van der Waals surface area contributed by atoms with E-state index in [1.54, 1.807) is 0 Å². The van der Waals surface area contributed by atoms with E-state index < -0.39 is 5.41 Å². The molecule has 2 rings (SSSR count). The molecule has 4 heteroatoms. The summed E-state index contributed by atoms with van der Waals surface area (Å²) < 4.78 is 0. The van der Waals surface area contributed by atoms with Gasteiger partial charge in [0.2, 0.25) is 0 Å². The van der Waals surface area contributed by atoms with Gasteiger partial charge in [0.1, 0.15) is 6.07 Å².